The van der Waals surface area contributed by atoms with E-state index < -0.39 is 21.8 Å². The first-order valence-corrected chi connectivity index (χ1v) is 9.54. The Morgan fingerprint density at radius 3 is 2.48 bits per heavy atom. The molecular weight excluding hydrogens is 367 g/mol. The van der Waals surface area contributed by atoms with Gasteiger partial charge < -0.3 is 0 Å². The number of thioether (sulfide) groups is 1. The summed E-state index contributed by atoms with van der Waals surface area (Å²) in [7, 11) is 0. The molecule has 3 amide bonds. The average Bonchev–Trinajstić information content (AvgIpc) is 3.08. The minimum Gasteiger partial charge on any atom is -0.283 e. The lowest BCUT2D eigenvalue weighted by Gasteiger charge is -2.32. The number of para-hydroxylation sites is 1. The van der Waals surface area contributed by atoms with Gasteiger partial charge in [0.15, 0.2) is 0 Å². The van der Waals surface area contributed by atoms with E-state index in [1.54, 1.807) is 38.1 Å². The van der Waals surface area contributed by atoms with Gasteiger partial charge in [0.25, 0.3) is 5.91 Å². The van der Waals surface area contributed by atoms with Gasteiger partial charge in [-0.2, -0.15) is 0 Å². The molecule has 0 aromatic heterocycles. The van der Waals surface area contributed by atoms with Crippen molar-refractivity contribution in [3.8, 4) is 0 Å². The number of carbonyl (C=O) groups is 3. The molecule has 0 unspecified atom stereocenters. The second-order valence-electron chi connectivity index (χ2n) is 6.46. The zero-order chi connectivity index (χ0) is 19.3. The van der Waals surface area contributed by atoms with E-state index >= 15 is 0 Å². The Morgan fingerprint density at radius 1 is 1.15 bits per heavy atom. The van der Waals surface area contributed by atoms with Gasteiger partial charge in [-0.25, -0.2) is 9.29 Å². The van der Waals surface area contributed by atoms with Gasteiger partial charge in [0.2, 0.25) is 16.7 Å². The van der Waals surface area contributed by atoms with Crippen LogP contribution in [0.15, 0.2) is 48.5 Å². The molecule has 1 spiro atoms. The van der Waals surface area contributed by atoms with Crippen LogP contribution in [0, 0.1) is 5.82 Å². The molecule has 0 saturated carbocycles. The molecule has 2 aliphatic heterocycles. The number of fused-ring (bicyclic) bond motifs is 2. The quantitative estimate of drug-likeness (QED) is 0.796. The van der Waals surface area contributed by atoms with Gasteiger partial charge in [0.1, 0.15) is 5.82 Å². The number of rotatable bonds is 2. The van der Waals surface area contributed by atoms with Crippen LogP contribution in [-0.2, 0) is 19.3 Å². The Labute approximate surface area is 160 Å². The smallest absolute Gasteiger partial charge is 0.275 e. The average molecular weight is 384 g/mol. The molecule has 0 radical (unpaired) electrons. The summed E-state index contributed by atoms with van der Waals surface area (Å²) in [6.45, 7) is 3.43. The molecule has 2 atom stereocenters. The van der Waals surface area contributed by atoms with Crippen molar-refractivity contribution < 1.29 is 18.8 Å². The summed E-state index contributed by atoms with van der Waals surface area (Å²) in [5.41, 5.74) is 1.52. The maximum absolute atomic E-state index is 13.5. The van der Waals surface area contributed by atoms with Crippen LogP contribution in [0.1, 0.15) is 25.8 Å². The van der Waals surface area contributed by atoms with Crippen molar-refractivity contribution in [1.29, 1.82) is 0 Å². The number of carbonyl (C=O) groups excluding carboxylic acids is 3. The van der Waals surface area contributed by atoms with E-state index in [-0.39, 0.29) is 18.2 Å². The van der Waals surface area contributed by atoms with E-state index in [4.69, 9.17) is 0 Å². The number of amides is 3. The van der Waals surface area contributed by atoms with Crippen molar-refractivity contribution in [2.24, 2.45) is 0 Å². The van der Waals surface area contributed by atoms with Gasteiger partial charge in [0, 0.05) is 17.7 Å². The minimum atomic E-state index is -1.37. The highest BCUT2D eigenvalue weighted by Gasteiger charge is 2.64. The zero-order valence-electron chi connectivity index (χ0n) is 14.8. The molecule has 0 bridgehead atoms. The molecule has 2 aromatic rings. The third-order valence-electron chi connectivity index (χ3n) is 4.87. The molecule has 0 aliphatic carbocycles. The Hall–Kier alpha value is -2.67. The van der Waals surface area contributed by atoms with Crippen LogP contribution in [0.25, 0.3) is 0 Å². The second kappa shape index (κ2) is 6.20. The number of anilines is 2. The fraction of sp³-hybridized carbons (Fsp3) is 0.250. The second-order valence-corrected chi connectivity index (χ2v) is 7.99. The van der Waals surface area contributed by atoms with Crippen molar-refractivity contribution in [2.75, 3.05) is 9.80 Å². The first-order valence-electron chi connectivity index (χ1n) is 8.66. The largest absolute Gasteiger partial charge is 0.283 e. The highest BCUT2D eigenvalue weighted by atomic mass is 32.2. The third kappa shape index (κ3) is 2.34. The standard InChI is InChI=1S/C20H17FN2O3S/c1-3-17(24)22-16-7-5-4-6-15(16)20(19(22)26)23(18(25)12(2)27-20)14-10-8-13(21)9-11-14/h4-12H,3H2,1-2H3/t12-,20+/m1/s1. The predicted octanol–water partition coefficient (Wildman–Crippen LogP) is 3.43. The fourth-order valence-electron chi connectivity index (χ4n) is 3.66. The molecule has 2 heterocycles. The lowest BCUT2D eigenvalue weighted by atomic mass is 10.0. The zero-order valence-corrected chi connectivity index (χ0v) is 15.6. The Kier molecular flexibility index (Phi) is 4.07. The van der Waals surface area contributed by atoms with Crippen LogP contribution in [0.5, 0.6) is 0 Å². The molecule has 4 rings (SSSR count). The highest BCUT2D eigenvalue weighted by molar-refractivity contribution is 8.03. The van der Waals surface area contributed by atoms with E-state index in [9.17, 15) is 18.8 Å². The first kappa shape index (κ1) is 17.7. The summed E-state index contributed by atoms with van der Waals surface area (Å²) < 4.78 is 13.4. The van der Waals surface area contributed by atoms with E-state index in [0.717, 1.165) is 0 Å². The summed E-state index contributed by atoms with van der Waals surface area (Å²) in [4.78, 5) is 40.3. The Bertz CT molecular complexity index is 962. The van der Waals surface area contributed by atoms with Crippen molar-refractivity contribution in [3.63, 3.8) is 0 Å². The number of imide groups is 1. The maximum Gasteiger partial charge on any atom is 0.275 e. The van der Waals surface area contributed by atoms with Gasteiger partial charge in [-0.1, -0.05) is 25.1 Å². The van der Waals surface area contributed by atoms with Crippen LogP contribution < -0.4 is 9.80 Å². The van der Waals surface area contributed by atoms with E-state index in [1.165, 1.54) is 45.8 Å². The van der Waals surface area contributed by atoms with E-state index in [0.29, 0.717) is 16.9 Å². The fourth-order valence-corrected chi connectivity index (χ4v) is 5.17. The first-order chi connectivity index (χ1) is 12.9. The molecule has 5 nitrogen and oxygen atoms in total. The molecule has 2 aliphatic rings. The van der Waals surface area contributed by atoms with Crippen molar-refractivity contribution >= 4 is 40.9 Å². The van der Waals surface area contributed by atoms with Crippen molar-refractivity contribution in [1.82, 2.24) is 0 Å². The topological polar surface area (TPSA) is 57.7 Å². The number of benzene rings is 2. The number of halogens is 1. The number of hydrogen-bond acceptors (Lipinski definition) is 4. The minimum absolute atomic E-state index is 0.168. The maximum atomic E-state index is 13.5. The SMILES string of the molecule is CCC(=O)N1C(=O)[C@@]2(S[C@H](C)C(=O)N2c2ccc(F)cc2)c2ccccc21. The normalized spacial score (nSPS) is 24.0. The van der Waals surface area contributed by atoms with Crippen LogP contribution in [0.2, 0.25) is 0 Å². The van der Waals surface area contributed by atoms with Gasteiger partial charge in [-0.05, 0) is 37.3 Å². The third-order valence-corrected chi connectivity index (χ3v) is 6.34. The monoisotopic (exact) mass is 384 g/mol. The Morgan fingerprint density at radius 2 is 1.81 bits per heavy atom. The summed E-state index contributed by atoms with van der Waals surface area (Å²) >= 11 is 1.21. The van der Waals surface area contributed by atoms with Gasteiger partial charge >= 0.3 is 0 Å². The van der Waals surface area contributed by atoms with Gasteiger partial charge in [-0.15, -0.1) is 11.8 Å². The summed E-state index contributed by atoms with van der Waals surface area (Å²) in [6, 6.07) is 12.5. The van der Waals surface area contributed by atoms with Crippen LogP contribution >= 0.6 is 11.8 Å². The molecule has 7 heteroatoms. The van der Waals surface area contributed by atoms with E-state index in [1.807, 2.05) is 0 Å². The molecule has 27 heavy (non-hydrogen) atoms. The molecule has 1 fully saturated rings. The molecule has 138 valence electrons. The van der Waals surface area contributed by atoms with Gasteiger partial charge in [-0.3, -0.25) is 19.3 Å². The molecular formula is C20H17FN2O3S. The molecule has 0 N–H and O–H groups in total. The summed E-state index contributed by atoms with van der Waals surface area (Å²) in [5, 5.41) is -0.483. The molecule has 2 aromatic carbocycles. The van der Waals surface area contributed by atoms with Crippen LogP contribution in [0.3, 0.4) is 0 Å². The van der Waals surface area contributed by atoms with Crippen molar-refractivity contribution in [2.45, 2.75) is 30.4 Å². The Balaban J connectivity index is 1.96. The number of hydrogen-bond donors (Lipinski definition) is 0. The summed E-state index contributed by atoms with van der Waals surface area (Å²) in [5.74, 6) is -1.46. The molecule has 1 saturated heterocycles. The summed E-state index contributed by atoms with van der Waals surface area (Å²) in [6.07, 6.45) is 0.168. The highest BCUT2D eigenvalue weighted by Crippen LogP contribution is 2.57. The van der Waals surface area contributed by atoms with Crippen LogP contribution in [0.4, 0.5) is 15.8 Å². The van der Waals surface area contributed by atoms with Crippen molar-refractivity contribution in [3.05, 3.63) is 59.9 Å². The predicted molar refractivity (Wildman–Crippen MR) is 102 cm³/mol. The number of nitrogens with zero attached hydrogens (tertiary/aromatic N) is 2. The lowest BCUT2D eigenvalue weighted by molar-refractivity contribution is -0.128. The van der Waals surface area contributed by atoms with E-state index in [2.05, 4.69) is 0 Å². The van der Waals surface area contributed by atoms with Crippen LogP contribution in [-0.4, -0.2) is 23.0 Å². The lowest BCUT2D eigenvalue weighted by Crippen LogP contribution is -2.51. The van der Waals surface area contributed by atoms with Gasteiger partial charge in [0.05, 0.1) is 10.9 Å².